The van der Waals surface area contributed by atoms with Crippen molar-refractivity contribution in [3.63, 3.8) is 0 Å². The average molecular weight is 391 g/mol. The fourth-order valence-corrected chi connectivity index (χ4v) is 2.43. The summed E-state index contributed by atoms with van der Waals surface area (Å²) in [6, 6.07) is 15.2. The predicted octanol–water partition coefficient (Wildman–Crippen LogP) is 4.92. The number of halogens is 1. The fraction of sp³-hybridized carbons (Fsp3) is 0.316. The van der Waals surface area contributed by atoms with Gasteiger partial charge in [-0.25, -0.2) is 0 Å². The van der Waals surface area contributed by atoms with E-state index in [2.05, 4.69) is 40.4 Å². The number of nitrogens with one attached hydrogen (secondary N) is 2. The third-order valence-electron chi connectivity index (χ3n) is 3.40. The molecule has 2 aromatic rings. The van der Waals surface area contributed by atoms with Crippen molar-refractivity contribution < 1.29 is 9.53 Å². The van der Waals surface area contributed by atoms with Crippen LogP contribution >= 0.6 is 15.9 Å². The van der Waals surface area contributed by atoms with Gasteiger partial charge in [-0.1, -0.05) is 32.0 Å². The Balaban J connectivity index is 1.83. The zero-order valence-corrected chi connectivity index (χ0v) is 15.6. The molecule has 0 radical (unpaired) electrons. The van der Waals surface area contributed by atoms with Crippen molar-refractivity contribution in [3.05, 3.63) is 53.0 Å². The Morgan fingerprint density at radius 2 is 1.96 bits per heavy atom. The van der Waals surface area contributed by atoms with E-state index in [0.717, 1.165) is 28.0 Å². The molecule has 0 spiro atoms. The van der Waals surface area contributed by atoms with E-state index < -0.39 is 0 Å². The lowest BCUT2D eigenvalue weighted by Gasteiger charge is -2.11. The van der Waals surface area contributed by atoms with Crippen LogP contribution in [0.2, 0.25) is 0 Å². The van der Waals surface area contributed by atoms with Crippen LogP contribution in [0, 0.1) is 5.92 Å². The van der Waals surface area contributed by atoms with Crippen LogP contribution in [0.5, 0.6) is 5.75 Å². The monoisotopic (exact) mass is 390 g/mol. The van der Waals surface area contributed by atoms with E-state index in [1.54, 1.807) is 0 Å². The number of benzene rings is 2. The number of hydrogen-bond acceptors (Lipinski definition) is 3. The van der Waals surface area contributed by atoms with Crippen molar-refractivity contribution >= 4 is 33.2 Å². The third-order valence-corrected chi connectivity index (χ3v) is 4.09. The normalized spacial score (nSPS) is 10.5. The van der Waals surface area contributed by atoms with Gasteiger partial charge in [-0.15, -0.1) is 0 Å². The molecule has 4 nitrogen and oxygen atoms in total. The Morgan fingerprint density at radius 3 is 2.71 bits per heavy atom. The summed E-state index contributed by atoms with van der Waals surface area (Å²) in [5.41, 5.74) is 1.62. The summed E-state index contributed by atoms with van der Waals surface area (Å²) < 4.78 is 6.59. The van der Waals surface area contributed by atoms with E-state index >= 15 is 0 Å². The Kier molecular flexibility index (Phi) is 7.12. The van der Waals surface area contributed by atoms with Gasteiger partial charge in [0.2, 0.25) is 5.91 Å². The highest BCUT2D eigenvalue weighted by molar-refractivity contribution is 9.10. The van der Waals surface area contributed by atoms with E-state index in [9.17, 15) is 4.79 Å². The fourth-order valence-electron chi connectivity index (χ4n) is 2.05. The number of hydrogen-bond donors (Lipinski definition) is 2. The summed E-state index contributed by atoms with van der Waals surface area (Å²) in [6.45, 7) is 5.23. The zero-order valence-electron chi connectivity index (χ0n) is 14.0. The van der Waals surface area contributed by atoms with Gasteiger partial charge in [0.25, 0.3) is 0 Å². The van der Waals surface area contributed by atoms with Crippen molar-refractivity contribution in [1.29, 1.82) is 0 Å². The Labute approximate surface area is 151 Å². The highest BCUT2D eigenvalue weighted by Crippen LogP contribution is 2.21. The number of rotatable bonds is 8. The van der Waals surface area contributed by atoms with E-state index in [-0.39, 0.29) is 12.5 Å². The molecule has 0 aliphatic heterocycles. The standard InChI is InChI=1S/C19H23BrN2O2/c1-14(2)10-11-24-16-7-5-6-15(12-16)21-13-19(23)22-18-9-4-3-8-17(18)20/h3-9,12,14,21H,10-11,13H2,1-2H3,(H,22,23). The van der Waals surface area contributed by atoms with Gasteiger partial charge in [-0.05, 0) is 52.5 Å². The highest BCUT2D eigenvalue weighted by Gasteiger charge is 2.05. The summed E-state index contributed by atoms with van der Waals surface area (Å²) in [7, 11) is 0. The minimum Gasteiger partial charge on any atom is -0.494 e. The van der Waals surface area contributed by atoms with Crippen LogP contribution in [-0.4, -0.2) is 19.1 Å². The van der Waals surface area contributed by atoms with Gasteiger partial charge in [0, 0.05) is 16.2 Å². The maximum Gasteiger partial charge on any atom is 0.243 e. The molecule has 2 rings (SSSR count). The molecule has 2 N–H and O–H groups in total. The molecule has 0 saturated heterocycles. The Bertz CT molecular complexity index is 674. The summed E-state index contributed by atoms with van der Waals surface area (Å²) in [5, 5.41) is 5.98. The third kappa shape index (κ3) is 6.24. The van der Waals surface area contributed by atoms with Crippen LogP contribution in [0.25, 0.3) is 0 Å². The Morgan fingerprint density at radius 1 is 1.17 bits per heavy atom. The van der Waals surface area contributed by atoms with E-state index in [4.69, 9.17) is 4.74 Å². The number of carbonyl (C=O) groups excluding carboxylic acids is 1. The number of amides is 1. The van der Waals surface area contributed by atoms with Gasteiger partial charge in [0.05, 0.1) is 18.8 Å². The highest BCUT2D eigenvalue weighted by atomic mass is 79.9. The van der Waals surface area contributed by atoms with Gasteiger partial charge in [0.15, 0.2) is 0 Å². The molecule has 0 bridgehead atoms. The maximum absolute atomic E-state index is 12.0. The molecule has 0 atom stereocenters. The van der Waals surface area contributed by atoms with Crippen molar-refractivity contribution in [3.8, 4) is 5.75 Å². The minimum absolute atomic E-state index is 0.104. The van der Waals surface area contributed by atoms with Crippen molar-refractivity contribution in [2.45, 2.75) is 20.3 Å². The molecular weight excluding hydrogens is 368 g/mol. The van der Waals surface area contributed by atoms with E-state index in [1.807, 2.05) is 48.5 Å². The summed E-state index contributed by atoms with van der Waals surface area (Å²) in [4.78, 5) is 12.0. The van der Waals surface area contributed by atoms with Gasteiger partial charge in [0.1, 0.15) is 5.75 Å². The molecule has 2 aromatic carbocycles. The van der Waals surface area contributed by atoms with Gasteiger partial charge in [-0.2, -0.15) is 0 Å². The van der Waals surface area contributed by atoms with E-state index in [1.165, 1.54) is 0 Å². The van der Waals surface area contributed by atoms with Crippen LogP contribution in [0.3, 0.4) is 0 Å². The minimum atomic E-state index is -0.104. The second kappa shape index (κ2) is 9.33. The predicted molar refractivity (Wildman–Crippen MR) is 103 cm³/mol. The molecule has 24 heavy (non-hydrogen) atoms. The van der Waals surface area contributed by atoms with E-state index in [0.29, 0.717) is 12.5 Å². The first-order valence-electron chi connectivity index (χ1n) is 8.05. The SMILES string of the molecule is CC(C)CCOc1cccc(NCC(=O)Nc2ccccc2Br)c1. The second-order valence-electron chi connectivity index (χ2n) is 5.94. The summed E-state index contributed by atoms with van der Waals surface area (Å²) in [6.07, 6.45) is 1.02. The topological polar surface area (TPSA) is 50.4 Å². The molecule has 1 amide bonds. The first-order chi connectivity index (χ1) is 11.5. The first kappa shape index (κ1) is 18.3. The summed E-state index contributed by atoms with van der Waals surface area (Å²) >= 11 is 3.41. The van der Waals surface area contributed by atoms with Crippen LogP contribution in [0.15, 0.2) is 53.0 Å². The molecule has 5 heteroatoms. The molecule has 0 aliphatic carbocycles. The lowest BCUT2D eigenvalue weighted by atomic mass is 10.1. The maximum atomic E-state index is 12.0. The smallest absolute Gasteiger partial charge is 0.243 e. The summed E-state index contributed by atoms with van der Waals surface area (Å²) in [5.74, 6) is 1.33. The lowest BCUT2D eigenvalue weighted by molar-refractivity contribution is -0.114. The van der Waals surface area contributed by atoms with Crippen LogP contribution in [0.4, 0.5) is 11.4 Å². The molecule has 0 aromatic heterocycles. The van der Waals surface area contributed by atoms with Crippen molar-refractivity contribution in [1.82, 2.24) is 0 Å². The quantitative estimate of drug-likeness (QED) is 0.671. The van der Waals surface area contributed by atoms with Gasteiger partial charge in [-0.3, -0.25) is 4.79 Å². The lowest BCUT2D eigenvalue weighted by Crippen LogP contribution is -2.21. The number of anilines is 2. The zero-order chi connectivity index (χ0) is 17.4. The second-order valence-corrected chi connectivity index (χ2v) is 6.79. The van der Waals surface area contributed by atoms with Gasteiger partial charge >= 0.3 is 0 Å². The average Bonchev–Trinajstić information content (AvgIpc) is 2.55. The molecule has 0 fully saturated rings. The molecular formula is C19H23BrN2O2. The van der Waals surface area contributed by atoms with Crippen LogP contribution in [0.1, 0.15) is 20.3 Å². The molecule has 128 valence electrons. The van der Waals surface area contributed by atoms with Crippen LogP contribution in [-0.2, 0) is 4.79 Å². The number of para-hydroxylation sites is 1. The van der Waals surface area contributed by atoms with Gasteiger partial charge < -0.3 is 15.4 Å². The van der Waals surface area contributed by atoms with Crippen molar-refractivity contribution in [2.75, 3.05) is 23.8 Å². The van der Waals surface area contributed by atoms with Crippen molar-refractivity contribution in [2.24, 2.45) is 5.92 Å². The first-order valence-corrected chi connectivity index (χ1v) is 8.85. The molecule has 0 unspecified atom stereocenters. The molecule has 0 heterocycles. The number of ether oxygens (including phenoxy) is 1. The molecule has 0 saturated carbocycles. The largest absolute Gasteiger partial charge is 0.494 e. The Hall–Kier alpha value is -2.01. The number of carbonyl (C=O) groups is 1. The van der Waals surface area contributed by atoms with Crippen LogP contribution < -0.4 is 15.4 Å². The molecule has 0 aliphatic rings.